The Kier molecular flexibility index (Phi) is 2.76. The van der Waals surface area contributed by atoms with E-state index < -0.39 is 17.1 Å². The number of hydrogen-bond donors (Lipinski definition) is 1. The maximum atomic E-state index is 12.8. The average molecular weight is 229 g/mol. The van der Waals surface area contributed by atoms with E-state index in [1.807, 2.05) is 0 Å². The van der Waals surface area contributed by atoms with Crippen LogP contribution in [0.3, 0.4) is 0 Å². The fourth-order valence-electron chi connectivity index (χ4n) is 1.22. The van der Waals surface area contributed by atoms with Crippen LogP contribution in [0, 0.1) is 5.82 Å². The predicted molar refractivity (Wildman–Crippen MR) is 49.7 cm³/mol. The van der Waals surface area contributed by atoms with Crippen LogP contribution in [-0.4, -0.2) is 13.9 Å². The molecule has 15 heavy (non-hydrogen) atoms. The van der Waals surface area contributed by atoms with E-state index in [4.69, 9.17) is 4.52 Å². The Morgan fingerprint density at radius 2 is 2.40 bits per heavy atom. The summed E-state index contributed by atoms with van der Waals surface area (Å²) in [6.07, 6.45) is 0. The Hall–Kier alpha value is -1.31. The van der Waals surface area contributed by atoms with E-state index in [1.165, 1.54) is 18.2 Å². The zero-order valence-corrected chi connectivity index (χ0v) is 8.21. The zero-order valence-electron chi connectivity index (χ0n) is 7.40. The van der Waals surface area contributed by atoms with Crippen molar-refractivity contribution in [1.82, 2.24) is 9.88 Å². The topological polar surface area (TPSA) is 78.2 Å². The molecule has 0 aliphatic heterocycles. The SMILES string of the molecule is O=S([O-])NCc1noc2cc(F)ccc12. The highest BCUT2D eigenvalue weighted by Crippen LogP contribution is 2.19. The first-order valence-corrected chi connectivity index (χ1v) is 5.11. The summed E-state index contributed by atoms with van der Waals surface area (Å²) in [6.45, 7) is 0.0226. The van der Waals surface area contributed by atoms with Crippen LogP contribution >= 0.6 is 0 Å². The van der Waals surface area contributed by atoms with Gasteiger partial charge in [-0.1, -0.05) is 5.16 Å². The molecule has 2 aromatic rings. The molecule has 80 valence electrons. The first-order valence-electron chi connectivity index (χ1n) is 4.03. The third-order valence-corrected chi connectivity index (χ3v) is 2.25. The van der Waals surface area contributed by atoms with Crippen molar-refractivity contribution in [2.45, 2.75) is 6.54 Å². The van der Waals surface area contributed by atoms with Crippen LogP contribution in [0.5, 0.6) is 0 Å². The Labute approximate surface area is 86.7 Å². The smallest absolute Gasteiger partial charge is 0.170 e. The van der Waals surface area contributed by atoms with Crippen molar-refractivity contribution in [3.05, 3.63) is 29.7 Å². The van der Waals surface area contributed by atoms with Gasteiger partial charge in [0.1, 0.15) is 11.5 Å². The van der Waals surface area contributed by atoms with Crippen molar-refractivity contribution in [2.75, 3.05) is 0 Å². The number of hydrogen-bond acceptors (Lipinski definition) is 4. The molecular weight excluding hydrogens is 223 g/mol. The zero-order chi connectivity index (χ0) is 10.8. The van der Waals surface area contributed by atoms with Crippen LogP contribution in [0.25, 0.3) is 11.0 Å². The van der Waals surface area contributed by atoms with E-state index in [2.05, 4.69) is 9.88 Å². The van der Waals surface area contributed by atoms with Crippen molar-refractivity contribution < 1.29 is 17.7 Å². The third-order valence-electron chi connectivity index (χ3n) is 1.87. The van der Waals surface area contributed by atoms with E-state index in [-0.39, 0.29) is 6.54 Å². The number of nitrogens with one attached hydrogen (secondary N) is 1. The number of benzene rings is 1. The van der Waals surface area contributed by atoms with E-state index in [0.29, 0.717) is 16.7 Å². The van der Waals surface area contributed by atoms with Gasteiger partial charge in [0.15, 0.2) is 5.58 Å². The Morgan fingerprint density at radius 3 is 3.13 bits per heavy atom. The molecule has 1 atom stereocenters. The fourth-order valence-corrected chi connectivity index (χ4v) is 1.47. The van der Waals surface area contributed by atoms with E-state index in [1.54, 1.807) is 0 Å². The summed E-state index contributed by atoms with van der Waals surface area (Å²) in [5, 5.41) is 4.22. The number of aromatic nitrogens is 1. The number of rotatable bonds is 3. The van der Waals surface area contributed by atoms with Gasteiger partial charge in [-0.05, 0) is 12.1 Å². The van der Waals surface area contributed by atoms with Gasteiger partial charge < -0.3 is 9.08 Å². The Bertz CT molecular complexity index is 514. The van der Waals surface area contributed by atoms with Crippen LogP contribution in [0.15, 0.2) is 22.7 Å². The van der Waals surface area contributed by atoms with Gasteiger partial charge >= 0.3 is 0 Å². The van der Waals surface area contributed by atoms with Crippen molar-refractivity contribution in [3.63, 3.8) is 0 Å². The molecule has 1 N–H and O–H groups in total. The summed E-state index contributed by atoms with van der Waals surface area (Å²) in [7, 11) is 0. The highest BCUT2D eigenvalue weighted by atomic mass is 32.2. The molecule has 0 bridgehead atoms. The van der Waals surface area contributed by atoms with Crippen LogP contribution in [0.2, 0.25) is 0 Å². The van der Waals surface area contributed by atoms with Gasteiger partial charge in [0.2, 0.25) is 0 Å². The van der Waals surface area contributed by atoms with Crippen LogP contribution in [0.1, 0.15) is 5.69 Å². The molecule has 0 saturated carbocycles. The van der Waals surface area contributed by atoms with Crippen molar-refractivity contribution in [1.29, 1.82) is 0 Å². The summed E-state index contributed by atoms with van der Waals surface area (Å²) >= 11 is -2.35. The lowest BCUT2D eigenvalue weighted by Crippen LogP contribution is -2.15. The molecule has 1 aromatic carbocycles. The molecule has 2 rings (SSSR count). The Morgan fingerprint density at radius 1 is 1.60 bits per heavy atom. The average Bonchev–Trinajstić information content (AvgIpc) is 2.57. The second kappa shape index (κ2) is 4.05. The van der Waals surface area contributed by atoms with Gasteiger partial charge in [-0.25, -0.2) is 9.11 Å². The summed E-state index contributed by atoms with van der Waals surface area (Å²) < 4.78 is 40.3. The largest absolute Gasteiger partial charge is 0.760 e. The van der Waals surface area contributed by atoms with Crippen LogP contribution in [0.4, 0.5) is 4.39 Å². The molecule has 0 amide bonds. The standard InChI is InChI=1S/C8H7FN2O3S/c9-5-1-2-6-7(4-10-15(12)13)11-14-8(6)3-5/h1-3,10H,4H2,(H,12,13)/p-1. The molecule has 0 aliphatic carbocycles. The molecule has 0 saturated heterocycles. The monoisotopic (exact) mass is 229 g/mol. The predicted octanol–water partition coefficient (Wildman–Crippen LogP) is 0.851. The first kappa shape index (κ1) is 10.2. The summed E-state index contributed by atoms with van der Waals surface area (Å²) in [6, 6.07) is 3.95. The second-order valence-corrected chi connectivity index (χ2v) is 3.58. The number of halogens is 1. The molecular formula is C8H6FN2O3S-. The molecule has 1 unspecified atom stereocenters. The van der Waals surface area contributed by atoms with Gasteiger partial charge in [-0.15, -0.1) is 0 Å². The quantitative estimate of drug-likeness (QED) is 0.791. The highest BCUT2D eigenvalue weighted by molar-refractivity contribution is 7.77. The minimum absolute atomic E-state index is 0.0226. The fraction of sp³-hybridized carbons (Fsp3) is 0.125. The third kappa shape index (κ3) is 2.20. The summed E-state index contributed by atoms with van der Waals surface area (Å²) in [5.74, 6) is -0.425. The minimum Gasteiger partial charge on any atom is -0.760 e. The van der Waals surface area contributed by atoms with Crippen molar-refractivity contribution in [3.8, 4) is 0 Å². The summed E-state index contributed by atoms with van der Waals surface area (Å²) in [5.41, 5.74) is 0.720. The van der Waals surface area contributed by atoms with Crippen LogP contribution in [-0.2, 0) is 17.8 Å². The van der Waals surface area contributed by atoms with Crippen LogP contribution < -0.4 is 4.72 Å². The Balaban J connectivity index is 2.32. The second-order valence-electron chi connectivity index (χ2n) is 2.83. The molecule has 1 heterocycles. The lowest BCUT2D eigenvalue weighted by atomic mass is 10.2. The maximum absolute atomic E-state index is 12.8. The van der Waals surface area contributed by atoms with Gasteiger partial charge in [-0.3, -0.25) is 4.21 Å². The first-order chi connectivity index (χ1) is 7.16. The van der Waals surface area contributed by atoms with E-state index in [0.717, 1.165) is 0 Å². The van der Waals surface area contributed by atoms with Crippen molar-refractivity contribution >= 4 is 22.2 Å². The minimum atomic E-state index is -2.35. The maximum Gasteiger partial charge on any atom is 0.170 e. The summed E-state index contributed by atoms with van der Waals surface area (Å²) in [4.78, 5) is 0. The molecule has 0 aliphatic rings. The van der Waals surface area contributed by atoms with E-state index in [9.17, 15) is 13.2 Å². The normalized spacial score (nSPS) is 13.2. The molecule has 0 fully saturated rings. The molecule has 0 radical (unpaired) electrons. The number of fused-ring (bicyclic) bond motifs is 1. The van der Waals surface area contributed by atoms with E-state index >= 15 is 0 Å². The lowest BCUT2D eigenvalue weighted by molar-refractivity contribution is 0.442. The van der Waals surface area contributed by atoms with Crippen molar-refractivity contribution in [2.24, 2.45) is 0 Å². The van der Waals surface area contributed by atoms with Gasteiger partial charge in [0.05, 0.1) is 6.54 Å². The lowest BCUT2D eigenvalue weighted by Gasteiger charge is -2.03. The van der Waals surface area contributed by atoms with Gasteiger partial charge in [-0.2, -0.15) is 0 Å². The van der Waals surface area contributed by atoms with Gasteiger partial charge in [0.25, 0.3) is 0 Å². The number of nitrogens with zero attached hydrogens (tertiary/aromatic N) is 1. The molecule has 5 nitrogen and oxygen atoms in total. The molecule has 0 spiro atoms. The van der Waals surface area contributed by atoms with Gasteiger partial charge in [0, 0.05) is 22.7 Å². The molecule has 1 aromatic heterocycles. The highest BCUT2D eigenvalue weighted by Gasteiger charge is 2.08. The molecule has 7 heteroatoms.